The first kappa shape index (κ1) is 19.8. The van der Waals surface area contributed by atoms with Crippen molar-refractivity contribution in [2.45, 2.75) is 44.1 Å². The second-order valence-electron chi connectivity index (χ2n) is 6.97. The van der Waals surface area contributed by atoms with Gasteiger partial charge in [0.1, 0.15) is 5.56 Å². The second-order valence-corrected chi connectivity index (χ2v) is 8.52. The third-order valence-electron chi connectivity index (χ3n) is 5.11. The molecule has 8 heteroatoms. The summed E-state index contributed by atoms with van der Waals surface area (Å²) in [4.78, 5) is 25.3. The molecule has 1 unspecified atom stereocenters. The molecule has 1 atom stereocenters. The average Bonchev–Trinajstić information content (AvgIpc) is 3.29. The van der Waals surface area contributed by atoms with Gasteiger partial charge in [-0.3, -0.25) is 14.9 Å². The van der Waals surface area contributed by atoms with E-state index in [2.05, 4.69) is 5.32 Å². The van der Waals surface area contributed by atoms with Crippen LogP contribution in [0.2, 0.25) is 5.02 Å². The van der Waals surface area contributed by atoms with Crippen LogP contribution in [-0.2, 0) is 5.41 Å². The largest absolute Gasteiger partial charge is 0.388 e. The van der Waals surface area contributed by atoms with Crippen molar-refractivity contribution < 1.29 is 14.8 Å². The lowest BCUT2D eigenvalue weighted by atomic mass is 9.84. The molecule has 0 radical (unpaired) electrons. The number of carbonyl (C=O) groups is 1. The van der Waals surface area contributed by atoms with Gasteiger partial charge in [0.05, 0.1) is 11.0 Å². The minimum atomic E-state index is -0.579. The molecule has 2 aromatic rings. The van der Waals surface area contributed by atoms with Crippen molar-refractivity contribution in [3.8, 4) is 0 Å². The van der Waals surface area contributed by atoms with Crippen LogP contribution in [0.25, 0.3) is 0 Å². The third kappa shape index (κ3) is 4.15. The van der Waals surface area contributed by atoms with Crippen LogP contribution in [0.1, 0.15) is 58.8 Å². The van der Waals surface area contributed by atoms with Gasteiger partial charge in [0.25, 0.3) is 11.6 Å². The van der Waals surface area contributed by atoms with Crippen molar-refractivity contribution in [2.75, 3.05) is 6.54 Å². The lowest BCUT2D eigenvalue weighted by Gasteiger charge is -2.28. The molecule has 0 spiro atoms. The number of nitrogens with one attached hydrogen (secondary N) is 1. The van der Waals surface area contributed by atoms with E-state index in [4.69, 9.17) is 11.6 Å². The number of amides is 1. The van der Waals surface area contributed by atoms with E-state index in [-0.39, 0.29) is 21.7 Å². The number of hydrogen-bond donors (Lipinski definition) is 2. The first-order valence-electron chi connectivity index (χ1n) is 8.83. The maximum Gasteiger partial charge on any atom is 0.282 e. The third-order valence-corrected chi connectivity index (χ3v) is 6.85. The normalized spacial score (nSPS) is 16.9. The highest BCUT2D eigenvalue weighted by Crippen LogP contribution is 2.44. The van der Waals surface area contributed by atoms with Crippen LogP contribution in [0.3, 0.4) is 0 Å². The highest BCUT2D eigenvalue weighted by molar-refractivity contribution is 7.12. The van der Waals surface area contributed by atoms with Crippen LogP contribution in [-0.4, -0.2) is 22.5 Å². The molecule has 0 saturated heterocycles. The van der Waals surface area contributed by atoms with Crippen molar-refractivity contribution in [2.24, 2.45) is 0 Å². The van der Waals surface area contributed by atoms with Crippen LogP contribution in [0, 0.1) is 10.1 Å². The number of nitrogens with zero attached hydrogens (tertiary/aromatic N) is 1. The molecule has 144 valence electrons. The summed E-state index contributed by atoms with van der Waals surface area (Å²) in [7, 11) is 0. The van der Waals surface area contributed by atoms with Gasteiger partial charge in [0.15, 0.2) is 0 Å². The summed E-state index contributed by atoms with van der Waals surface area (Å²) in [6.45, 7) is 2.13. The van der Waals surface area contributed by atoms with Gasteiger partial charge in [-0.15, -0.1) is 11.3 Å². The van der Waals surface area contributed by atoms with E-state index in [1.54, 1.807) is 18.3 Å². The molecule has 3 rings (SSSR count). The minimum absolute atomic E-state index is 0.0310. The van der Waals surface area contributed by atoms with E-state index in [9.17, 15) is 20.0 Å². The monoisotopic (exact) mass is 408 g/mol. The predicted molar refractivity (Wildman–Crippen MR) is 106 cm³/mol. The van der Waals surface area contributed by atoms with Crippen molar-refractivity contribution in [3.63, 3.8) is 0 Å². The molecule has 1 aromatic carbocycles. The fraction of sp³-hybridized carbons (Fsp3) is 0.421. The van der Waals surface area contributed by atoms with E-state index in [0.717, 1.165) is 35.4 Å². The van der Waals surface area contributed by atoms with Crippen LogP contribution < -0.4 is 5.32 Å². The second kappa shape index (κ2) is 7.96. The number of rotatable bonds is 6. The molecule has 0 bridgehead atoms. The van der Waals surface area contributed by atoms with Gasteiger partial charge >= 0.3 is 0 Å². The number of nitro benzene ring substituents is 1. The van der Waals surface area contributed by atoms with Crippen molar-refractivity contribution >= 4 is 34.5 Å². The number of aliphatic hydroxyl groups excluding tert-OH is 1. The number of nitro groups is 1. The summed E-state index contributed by atoms with van der Waals surface area (Å²) < 4.78 is 0. The first-order valence-corrected chi connectivity index (χ1v) is 10.0. The summed E-state index contributed by atoms with van der Waals surface area (Å²) in [5, 5.41) is 24.2. The van der Waals surface area contributed by atoms with Crippen LogP contribution in [0.15, 0.2) is 30.3 Å². The zero-order valence-electron chi connectivity index (χ0n) is 14.9. The standard InChI is InChI=1S/C19H21ClN2O4S/c1-12(23)16-6-7-17(27-16)19(8-2-3-9-19)11-21-18(24)14-10-13(20)4-5-15(14)22(25)26/h4-7,10,12,23H,2-3,8-9,11H2,1H3,(H,21,24). The molecular weight excluding hydrogens is 388 g/mol. The Balaban J connectivity index is 1.82. The number of hydrogen-bond acceptors (Lipinski definition) is 5. The summed E-state index contributed by atoms with van der Waals surface area (Å²) >= 11 is 7.49. The number of benzene rings is 1. The smallest absolute Gasteiger partial charge is 0.282 e. The summed E-state index contributed by atoms with van der Waals surface area (Å²) in [6.07, 6.45) is 3.48. The van der Waals surface area contributed by atoms with Crippen molar-refractivity contribution in [1.29, 1.82) is 0 Å². The van der Waals surface area contributed by atoms with Gasteiger partial charge in [-0.05, 0) is 44.0 Å². The fourth-order valence-electron chi connectivity index (χ4n) is 3.62. The summed E-state index contributed by atoms with van der Waals surface area (Å²) in [6, 6.07) is 7.92. The number of halogens is 1. The van der Waals surface area contributed by atoms with Crippen LogP contribution in [0.4, 0.5) is 5.69 Å². The SMILES string of the molecule is CC(O)c1ccc(C2(CNC(=O)c3cc(Cl)ccc3[N+](=O)[O-])CCCC2)s1. The average molecular weight is 409 g/mol. The zero-order chi connectivity index (χ0) is 19.6. The molecule has 6 nitrogen and oxygen atoms in total. The lowest BCUT2D eigenvalue weighted by Crippen LogP contribution is -2.38. The van der Waals surface area contributed by atoms with Crippen molar-refractivity contribution in [3.05, 3.63) is 60.8 Å². The Morgan fingerprint density at radius 3 is 2.67 bits per heavy atom. The molecule has 1 fully saturated rings. The van der Waals surface area contributed by atoms with Crippen molar-refractivity contribution in [1.82, 2.24) is 5.32 Å². The van der Waals surface area contributed by atoms with Gasteiger partial charge in [-0.25, -0.2) is 0 Å². The van der Waals surface area contributed by atoms with E-state index in [1.807, 2.05) is 12.1 Å². The topological polar surface area (TPSA) is 92.5 Å². The maximum absolute atomic E-state index is 12.7. The first-order chi connectivity index (χ1) is 12.8. The minimum Gasteiger partial charge on any atom is -0.388 e. The van der Waals surface area contributed by atoms with Gasteiger partial charge in [-0.1, -0.05) is 24.4 Å². The molecule has 1 amide bonds. The Kier molecular flexibility index (Phi) is 5.83. The van der Waals surface area contributed by atoms with E-state index in [0.29, 0.717) is 6.54 Å². The predicted octanol–water partition coefficient (Wildman–Crippen LogP) is 4.60. The Labute approximate surface area is 166 Å². The molecule has 1 saturated carbocycles. The van der Waals surface area contributed by atoms with E-state index >= 15 is 0 Å². The quantitative estimate of drug-likeness (QED) is 0.539. The molecular formula is C19H21ClN2O4S. The number of aliphatic hydroxyl groups is 1. The molecule has 0 aliphatic heterocycles. The molecule has 1 aromatic heterocycles. The maximum atomic E-state index is 12.7. The molecule has 27 heavy (non-hydrogen) atoms. The lowest BCUT2D eigenvalue weighted by molar-refractivity contribution is -0.385. The van der Waals surface area contributed by atoms with Gasteiger partial charge in [0, 0.05) is 32.8 Å². The van der Waals surface area contributed by atoms with Gasteiger partial charge < -0.3 is 10.4 Å². The Morgan fingerprint density at radius 1 is 1.37 bits per heavy atom. The van der Waals surface area contributed by atoms with Crippen LogP contribution in [0.5, 0.6) is 0 Å². The molecule has 1 aliphatic carbocycles. The summed E-state index contributed by atoms with van der Waals surface area (Å²) in [5.41, 5.74) is -0.484. The van der Waals surface area contributed by atoms with E-state index < -0.39 is 16.9 Å². The number of thiophene rings is 1. The highest BCUT2D eigenvalue weighted by atomic mass is 35.5. The van der Waals surface area contributed by atoms with Gasteiger partial charge in [0.2, 0.25) is 0 Å². The van der Waals surface area contributed by atoms with E-state index in [1.165, 1.54) is 18.2 Å². The Hall–Kier alpha value is -1.96. The molecule has 1 heterocycles. The molecule has 1 aliphatic rings. The Morgan fingerprint density at radius 2 is 2.07 bits per heavy atom. The van der Waals surface area contributed by atoms with Gasteiger partial charge in [-0.2, -0.15) is 0 Å². The fourth-order valence-corrected chi connectivity index (χ4v) is 4.98. The van der Waals surface area contributed by atoms with Crippen LogP contribution >= 0.6 is 22.9 Å². The Bertz CT molecular complexity index is 859. The number of carbonyl (C=O) groups excluding carboxylic acids is 1. The zero-order valence-corrected chi connectivity index (χ0v) is 16.5. The molecule has 2 N–H and O–H groups in total. The summed E-state index contributed by atoms with van der Waals surface area (Å²) in [5.74, 6) is -0.497. The highest BCUT2D eigenvalue weighted by Gasteiger charge is 2.38.